The highest BCUT2D eigenvalue weighted by Crippen LogP contribution is 2.27. The van der Waals surface area contributed by atoms with Crippen molar-refractivity contribution in [3.05, 3.63) is 0 Å². The molecule has 1 aliphatic rings. The van der Waals surface area contributed by atoms with Crippen LogP contribution in [0.25, 0.3) is 0 Å². The average molecular weight is 406 g/mol. The van der Waals surface area contributed by atoms with Crippen molar-refractivity contribution in [2.24, 2.45) is 5.92 Å². The Hall–Kier alpha value is -1.68. The van der Waals surface area contributed by atoms with Crippen molar-refractivity contribution in [3.63, 3.8) is 0 Å². The Balaban J connectivity index is 2.22. The first-order valence-electron chi connectivity index (χ1n) is 9.30. The Morgan fingerprint density at radius 1 is 1.04 bits per heavy atom. The van der Waals surface area contributed by atoms with Crippen LogP contribution in [0.5, 0.6) is 0 Å². The van der Waals surface area contributed by atoms with Gasteiger partial charge in [0.25, 0.3) is 0 Å². The minimum atomic E-state index is -3.63. The maximum absolute atomic E-state index is 11.8. The molecule has 2 amide bonds. The van der Waals surface area contributed by atoms with E-state index in [4.69, 9.17) is 0 Å². The minimum Gasteiger partial charge on any atom is -0.468 e. The Morgan fingerprint density at radius 2 is 1.67 bits per heavy atom. The largest absolute Gasteiger partial charge is 0.468 e. The van der Waals surface area contributed by atoms with Gasteiger partial charge < -0.3 is 15.4 Å². The molecule has 0 saturated heterocycles. The second-order valence-electron chi connectivity index (χ2n) is 6.91. The number of amides is 2. The summed E-state index contributed by atoms with van der Waals surface area (Å²) in [7, 11) is -2.50. The fraction of sp³-hybridized carbons (Fsp3) is 0.824. The molecule has 0 aromatic rings. The van der Waals surface area contributed by atoms with Gasteiger partial charge in [-0.1, -0.05) is 32.1 Å². The number of carbonyl (C=O) groups is 3. The Morgan fingerprint density at radius 3 is 2.26 bits per heavy atom. The van der Waals surface area contributed by atoms with E-state index in [1.165, 1.54) is 32.1 Å². The maximum Gasteiger partial charge on any atom is 0.325 e. The Kier molecular flexibility index (Phi) is 10.3. The van der Waals surface area contributed by atoms with Crippen LogP contribution in [0, 0.1) is 5.92 Å². The molecule has 0 spiro atoms. The third-order valence-corrected chi connectivity index (χ3v) is 5.24. The first-order valence-corrected chi connectivity index (χ1v) is 11.2. The van der Waals surface area contributed by atoms with Crippen LogP contribution in [0.15, 0.2) is 0 Å². The molecule has 0 aliphatic heterocycles. The van der Waals surface area contributed by atoms with Crippen LogP contribution in [0.2, 0.25) is 0 Å². The van der Waals surface area contributed by atoms with Crippen LogP contribution in [0.1, 0.15) is 51.4 Å². The van der Waals surface area contributed by atoms with E-state index in [-0.39, 0.29) is 25.4 Å². The van der Waals surface area contributed by atoms with Gasteiger partial charge in [0, 0.05) is 25.9 Å². The topological polar surface area (TPSA) is 131 Å². The molecule has 0 radical (unpaired) electrons. The molecule has 1 saturated carbocycles. The molecule has 1 atom stereocenters. The van der Waals surface area contributed by atoms with Gasteiger partial charge in [-0.3, -0.25) is 14.4 Å². The van der Waals surface area contributed by atoms with Crippen LogP contribution in [0.4, 0.5) is 0 Å². The lowest BCUT2D eigenvalue weighted by Gasteiger charge is -2.21. The molecule has 9 nitrogen and oxygen atoms in total. The zero-order chi connectivity index (χ0) is 20.3. The standard InChI is InChI=1S/C17H31N3O6S/c1-26-17(23)14(20-27(2,24)25)12-19-16(22)10-11-18-15(21)9-8-13-6-4-3-5-7-13/h13-14,20H,3-12H2,1-2H3,(H,18,21)(H,19,22). The summed E-state index contributed by atoms with van der Waals surface area (Å²) in [5.74, 6) is -0.631. The second-order valence-corrected chi connectivity index (χ2v) is 8.69. The summed E-state index contributed by atoms with van der Waals surface area (Å²) >= 11 is 0. The van der Waals surface area contributed by atoms with E-state index in [2.05, 4.69) is 20.1 Å². The number of hydrogen-bond donors (Lipinski definition) is 3. The molecule has 1 aliphatic carbocycles. The van der Waals surface area contributed by atoms with E-state index in [0.717, 1.165) is 19.8 Å². The molecule has 0 heterocycles. The van der Waals surface area contributed by atoms with E-state index in [0.29, 0.717) is 12.3 Å². The molecule has 1 unspecified atom stereocenters. The third kappa shape index (κ3) is 10.9. The lowest BCUT2D eigenvalue weighted by Crippen LogP contribution is -2.48. The molecular formula is C17H31N3O6S. The molecule has 1 rings (SSSR count). The quantitative estimate of drug-likeness (QED) is 0.417. The first kappa shape index (κ1) is 23.4. The normalized spacial score (nSPS) is 16.4. The van der Waals surface area contributed by atoms with Crippen molar-refractivity contribution in [3.8, 4) is 0 Å². The SMILES string of the molecule is COC(=O)C(CNC(=O)CCNC(=O)CCC1CCCCC1)NS(C)(=O)=O. The highest BCUT2D eigenvalue weighted by Gasteiger charge is 2.23. The molecule has 1 fully saturated rings. The lowest BCUT2D eigenvalue weighted by molar-refractivity contribution is -0.142. The number of hydrogen-bond acceptors (Lipinski definition) is 6. The van der Waals surface area contributed by atoms with E-state index in [1.54, 1.807) is 0 Å². The fourth-order valence-corrected chi connectivity index (χ4v) is 3.79. The summed E-state index contributed by atoms with van der Waals surface area (Å²) in [4.78, 5) is 35.2. The monoisotopic (exact) mass is 405 g/mol. The summed E-state index contributed by atoms with van der Waals surface area (Å²) in [6.45, 7) is -0.0358. The summed E-state index contributed by atoms with van der Waals surface area (Å²) < 4.78 is 29.1. The average Bonchev–Trinajstić information content (AvgIpc) is 2.62. The van der Waals surface area contributed by atoms with Gasteiger partial charge in [0.1, 0.15) is 6.04 Å². The third-order valence-electron chi connectivity index (χ3n) is 4.52. The fourth-order valence-electron chi connectivity index (χ4n) is 3.09. The number of ether oxygens (including phenoxy) is 1. The lowest BCUT2D eigenvalue weighted by atomic mass is 9.86. The summed E-state index contributed by atoms with van der Waals surface area (Å²) in [5, 5.41) is 5.17. The van der Waals surface area contributed by atoms with Gasteiger partial charge in [0.15, 0.2) is 0 Å². The van der Waals surface area contributed by atoms with Crippen molar-refractivity contribution in [1.82, 2.24) is 15.4 Å². The zero-order valence-electron chi connectivity index (χ0n) is 16.1. The summed E-state index contributed by atoms with van der Waals surface area (Å²) in [5.41, 5.74) is 0. The summed E-state index contributed by atoms with van der Waals surface area (Å²) in [6, 6.07) is -1.20. The van der Waals surface area contributed by atoms with Crippen LogP contribution in [0.3, 0.4) is 0 Å². The predicted octanol–water partition coefficient (Wildman–Crippen LogP) is 0.0602. The number of esters is 1. The van der Waals surface area contributed by atoms with Crippen LogP contribution >= 0.6 is 0 Å². The van der Waals surface area contributed by atoms with Crippen molar-refractivity contribution < 1.29 is 27.5 Å². The molecule has 156 valence electrons. The Labute approximate surface area is 161 Å². The number of carbonyl (C=O) groups excluding carboxylic acids is 3. The molecule has 0 aromatic carbocycles. The molecule has 0 bridgehead atoms. The number of sulfonamides is 1. The van der Waals surface area contributed by atoms with Gasteiger partial charge in [-0.2, -0.15) is 4.72 Å². The van der Waals surface area contributed by atoms with Crippen molar-refractivity contribution in [2.75, 3.05) is 26.5 Å². The van der Waals surface area contributed by atoms with Crippen molar-refractivity contribution in [1.29, 1.82) is 0 Å². The van der Waals surface area contributed by atoms with Gasteiger partial charge >= 0.3 is 5.97 Å². The van der Waals surface area contributed by atoms with Gasteiger partial charge in [-0.25, -0.2) is 8.42 Å². The van der Waals surface area contributed by atoms with E-state index >= 15 is 0 Å². The zero-order valence-corrected chi connectivity index (χ0v) is 16.9. The van der Waals surface area contributed by atoms with E-state index < -0.39 is 27.9 Å². The highest BCUT2D eigenvalue weighted by atomic mass is 32.2. The van der Waals surface area contributed by atoms with Gasteiger partial charge in [-0.15, -0.1) is 0 Å². The number of methoxy groups -OCH3 is 1. The van der Waals surface area contributed by atoms with Crippen LogP contribution < -0.4 is 15.4 Å². The predicted molar refractivity (Wildman–Crippen MR) is 100 cm³/mol. The smallest absolute Gasteiger partial charge is 0.325 e. The maximum atomic E-state index is 11.8. The number of rotatable bonds is 11. The highest BCUT2D eigenvalue weighted by molar-refractivity contribution is 7.88. The Bertz CT molecular complexity index is 602. The van der Waals surface area contributed by atoms with Gasteiger partial charge in [0.2, 0.25) is 21.8 Å². The van der Waals surface area contributed by atoms with E-state index in [9.17, 15) is 22.8 Å². The molecule has 0 aromatic heterocycles. The molecule has 10 heteroatoms. The molecule has 3 N–H and O–H groups in total. The van der Waals surface area contributed by atoms with Crippen LogP contribution in [-0.4, -0.2) is 58.7 Å². The number of nitrogens with one attached hydrogen (secondary N) is 3. The second kappa shape index (κ2) is 11.9. The van der Waals surface area contributed by atoms with Gasteiger partial charge in [0.05, 0.1) is 13.4 Å². The van der Waals surface area contributed by atoms with Crippen LogP contribution in [-0.2, 0) is 29.1 Å². The van der Waals surface area contributed by atoms with Crippen molar-refractivity contribution >= 4 is 27.8 Å². The molecule has 27 heavy (non-hydrogen) atoms. The van der Waals surface area contributed by atoms with Crippen molar-refractivity contribution in [2.45, 2.75) is 57.4 Å². The summed E-state index contributed by atoms with van der Waals surface area (Å²) in [6.07, 6.45) is 8.46. The van der Waals surface area contributed by atoms with E-state index in [1.807, 2.05) is 0 Å². The minimum absolute atomic E-state index is 0.0436. The first-order chi connectivity index (χ1) is 12.7. The molecular weight excluding hydrogens is 374 g/mol. The van der Waals surface area contributed by atoms with Gasteiger partial charge in [-0.05, 0) is 12.3 Å².